The molecule has 2 aromatic rings. The molecule has 0 aromatic heterocycles. The standard InChI is InChI=1S/C17H19N3OS/c1-4-9-18-17(22)20-19-12(2)13-5-6-15-11-16(21-3)8-7-14(15)10-13/h4-8,10-11H,1,9H2,2-3H3,(H2,18,20,22)/b19-12-. The zero-order valence-electron chi connectivity index (χ0n) is 12.7. The van der Waals surface area contributed by atoms with Gasteiger partial charge in [-0.3, -0.25) is 5.43 Å². The summed E-state index contributed by atoms with van der Waals surface area (Å²) < 4.78 is 5.24. The molecule has 114 valence electrons. The molecular weight excluding hydrogens is 294 g/mol. The zero-order valence-corrected chi connectivity index (χ0v) is 13.5. The molecule has 0 fully saturated rings. The third kappa shape index (κ3) is 4.05. The van der Waals surface area contributed by atoms with E-state index >= 15 is 0 Å². The summed E-state index contributed by atoms with van der Waals surface area (Å²) in [5.41, 5.74) is 4.72. The summed E-state index contributed by atoms with van der Waals surface area (Å²) >= 11 is 5.10. The first kappa shape index (κ1) is 16.0. The van der Waals surface area contributed by atoms with Crippen LogP contribution in [0.3, 0.4) is 0 Å². The Labute approximate surface area is 135 Å². The maximum atomic E-state index is 5.24. The molecule has 0 radical (unpaired) electrons. The van der Waals surface area contributed by atoms with Gasteiger partial charge in [-0.25, -0.2) is 0 Å². The minimum Gasteiger partial charge on any atom is -0.497 e. The minimum absolute atomic E-state index is 0.477. The molecular formula is C17H19N3OS. The van der Waals surface area contributed by atoms with E-state index < -0.39 is 0 Å². The number of methoxy groups -OCH3 is 1. The molecule has 0 unspecified atom stereocenters. The fraction of sp³-hybridized carbons (Fsp3) is 0.176. The lowest BCUT2D eigenvalue weighted by Crippen LogP contribution is -2.32. The highest BCUT2D eigenvalue weighted by Crippen LogP contribution is 2.22. The Morgan fingerprint density at radius 2 is 2.00 bits per heavy atom. The van der Waals surface area contributed by atoms with Crippen LogP contribution in [0.2, 0.25) is 0 Å². The van der Waals surface area contributed by atoms with Crippen LogP contribution in [-0.4, -0.2) is 24.5 Å². The highest BCUT2D eigenvalue weighted by atomic mass is 32.1. The van der Waals surface area contributed by atoms with Crippen LogP contribution in [0.1, 0.15) is 12.5 Å². The van der Waals surface area contributed by atoms with Gasteiger partial charge in [-0.15, -0.1) is 6.58 Å². The molecule has 2 rings (SSSR count). The average Bonchev–Trinajstić information content (AvgIpc) is 2.56. The second-order valence-corrected chi connectivity index (χ2v) is 5.14. The SMILES string of the molecule is C=CCNC(=S)N/N=C(/C)c1ccc2cc(OC)ccc2c1. The van der Waals surface area contributed by atoms with Crippen molar-refractivity contribution in [3.8, 4) is 5.75 Å². The molecule has 0 heterocycles. The van der Waals surface area contributed by atoms with E-state index in [1.807, 2.05) is 31.2 Å². The lowest BCUT2D eigenvalue weighted by atomic mass is 10.0. The van der Waals surface area contributed by atoms with Gasteiger partial charge in [0, 0.05) is 6.54 Å². The van der Waals surface area contributed by atoms with E-state index in [-0.39, 0.29) is 0 Å². The molecule has 22 heavy (non-hydrogen) atoms. The predicted molar refractivity (Wildman–Crippen MR) is 96.6 cm³/mol. The number of fused-ring (bicyclic) bond motifs is 1. The van der Waals surface area contributed by atoms with Gasteiger partial charge < -0.3 is 10.1 Å². The lowest BCUT2D eigenvalue weighted by molar-refractivity contribution is 0.415. The molecule has 4 nitrogen and oxygen atoms in total. The van der Waals surface area contributed by atoms with Gasteiger partial charge in [-0.05, 0) is 53.7 Å². The van der Waals surface area contributed by atoms with Gasteiger partial charge in [0.2, 0.25) is 0 Å². The average molecular weight is 313 g/mol. The van der Waals surface area contributed by atoms with E-state index in [4.69, 9.17) is 17.0 Å². The fourth-order valence-electron chi connectivity index (χ4n) is 1.98. The number of nitrogens with zero attached hydrogens (tertiary/aromatic N) is 1. The molecule has 0 aliphatic rings. The number of thiocarbonyl (C=S) groups is 1. The third-order valence-electron chi connectivity index (χ3n) is 3.20. The first-order valence-electron chi connectivity index (χ1n) is 6.91. The Bertz CT molecular complexity index is 725. The Kier molecular flexibility index (Phi) is 5.49. The fourth-order valence-corrected chi connectivity index (χ4v) is 2.11. The summed E-state index contributed by atoms with van der Waals surface area (Å²) in [5.74, 6) is 0.853. The maximum absolute atomic E-state index is 5.24. The molecule has 0 saturated carbocycles. The van der Waals surface area contributed by atoms with Gasteiger partial charge >= 0.3 is 0 Å². The smallest absolute Gasteiger partial charge is 0.187 e. The van der Waals surface area contributed by atoms with E-state index in [1.54, 1.807) is 13.2 Å². The summed E-state index contributed by atoms with van der Waals surface area (Å²) in [5, 5.41) is 10.0. The van der Waals surface area contributed by atoms with Gasteiger partial charge in [-0.2, -0.15) is 5.10 Å². The van der Waals surface area contributed by atoms with Crippen molar-refractivity contribution in [2.45, 2.75) is 6.92 Å². The van der Waals surface area contributed by atoms with Crippen LogP contribution in [0.15, 0.2) is 54.2 Å². The van der Waals surface area contributed by atoms with Crippen LogP contribution >= 0.6 is 12.2 Å². The number of hydrogen-bond donors (Lipinski definition) is 2. The Morgan fingerprint density at radius 1 is 1.27 bits per heavy atom. The van der Waals surface area contributed by atoms with Crippen LogP contribution in [0, 0.1) is 0 Å². The monoisotopic (exact) mass is 313 g/mol. The highest BCUT2D eigenvalue weighted by molar-refractivity contribution is 7.80. The Morgan fingerprint density at radius 3 is 2.73 bits per heavy atom. The van der Waals surface area contributed by atoms with Crippen molar-refractivity contribution in [3.63, 3.8) is 0 Å². The summed E-state index contributed by atoms with van der Waals surface area (Å²) in [7, 11) is 1.67. The van der Waals surface area contributed by atoms with Crippen LogP contribution < -0.4 is 15.5 Å². The van der Waals surface area contributed by atoms with Crippen molar-refractivity contribution in [2.75, 3.05) is 13.7 Å². The topological polar surface area (TPSA) is 45.7 Å². The summed E-state index contributed by atoms with van der Waals surface area (Å²) in [6, 6.07) is 12.2. The van der Waals surface area contributed by atoms with E-state index in [0.29, 0.717) is 11.7 Å². The number of hydrogen-bond acceptors (Lipinski definition) is 3. The van der Waals surface area contributed by atoms with Gasteiger partial charge in [0.1, 0.15) is 5.75 Å². The molecule has 0 aliphatic carbocycles. The van der Waals surface area contributed by atoms with Gasteiger partial charge in [0.25, 0.3) is 0 Å². The molecule has 5 heteroatoms. The van der Waals surface area contributed by atoms with E-state index in [9.17, 15) is 0 Å². The molecule has 2 aromatic carbocycles. The molecule has 0 atom stereocenters. The molecule has 0 amide bonds. The summed E-state index contributed by atoms with van der Waals surface area (Å²) in [6.07, 6.45) is 1.74. The molecule has 0 spiro atoms. The third-order valence-corrected chi connectivity index (χ3v) is 3.43. The second-order valence-electron chi connectivity index (χ2n) is 4.74. The van der Waals surface area contributed by atoms with Crippen molar-refractivity contribution in [1.82, 2.24) is 10.7 Å². The van der Waals surface area contributed by atoms with Gasteiger partial charge in [0.05, 0.1) is 12.8 Å². The van der Waals surface area contributed by atoms with Crippen molar-refractivity contribution in [3.05, 3.63) is 54.6 Å². The zero-order chi connectivity index (χ0) is 15.9. The normalized spacial score (nSPS) is 11.1. The molecule has 0 saturated heterocycles. The van der Waals surface area contributed by atoms with Crippen LogP contribution in [0.5, 0.6) is 5.75 Å². The first-order chi connectivity index (χ1) is 10.6. The number of nitrogens with one attached hydrogen (secondary N) is 2. The predicted octanol–water partition coefficient (Wildman–Crippen LogP) is 3.22. The maximum Gasteiger partial charge on any atom is 0.187 e. The Balaban J connectivity index is 2.15. The van der Waals surface area contributed by atoms with Crippen LogP contribution in [-0.2, 0) is 0 Å². The van der Waals surface area contributed by atoms with Crippen molar-refractivity contribution < 1.29 is 4.74 Å². The second kappa shape index (κ2) is 7.56. The van der Waals surface area contributed by atoms with E-state index in [0.717, 1.165) is 27.8 Å². The number of benzene rings is 2. The van der Waals surface area contributed by atoms with Crippen molar-refractivity contribution in [1.29, 1.82) is 0 Å². The summed E-state index contributed by atoms with van der Waals surface area (Å²) in [4.78, 5) is 0. The Hall–Kier alpha value is -2.40. The molecule has 0 bridgehead atoms. The molecule has 0 aliphatic heterocycles. The number of hydrazone groups is 1. The van der Waals surface area contributed by atoms with E-state index in [2.05, 4.69) is 34.6 Å². The highest BCUT2D eigenvalue weighted by Gasteiger charge is 2.02. The van der Waals surface area contributed by atoms with Crippen molar-refractivity contribution in [2.24, 2.45) is 5.10 Å². The minimum atomic E-state index is 0.477. The van der Waals surface area contributed by atoms with Crippen LogP contribution in [0.25, 0.3) is 10.8 Å². The molecule has 2 N–H and O–H groups in total. The van der Waals surface area contributed by atoms with Crippen LogP contribution in [0.4, 0.5) is 0 Å². The van der Waals surface area contributed by atoms with E-state index in [1.165, 1.54) is 0 Å². The number of ether oxygens (including phenoxy) is 1. The van der Waals surface area contributed by atoms with Gasteiger partial charge in [0.15, 0.2) is 5.11 Å². The first-order valence-corrected chi connectivity index (χ1v) is 7.32. The number of rotatable bonds is 5. The summed E-state index contributed by atoms with van der Waals surface area (Å²) in [6.45, 7) is 6.17. The lowest BCUT2D eigenvalue weighted by Gasteiger charge is -2.07. The van der Waals surface area contributed by atoms with Gasteiger partial charge in [-0.1, -0.05) is 24.3 Å². The quantitative estimate of drug-likeness (QED) is 0.385. The van der Waals surface area contributed by atoms with Crippen molar-refractivity contribution >= 4 is 33.8 Å². The largest absolute Gasteiger partial charge is 0.497 e.